The van der Waals surface area contributed by atoms with Gasteiger partial charge in [0.2, 0.25) is 0 Å². The average Bonchev–Trinajstić information content (AvgIpc) is 2.30. The van der Waals surface area contributed by atoms with Crippen LogP contribution in [0.1, 0.15) is 5.69 Å². The second-order valence-corrected chi connectivity index (χ2v) is 4.09. The average molecular weight is 219 g/mol. The molecule has 0 bridgehead atoms. The number of nitrogen functional groups attached to an aromatic ring is 1. The number of hydrogen-bond donors (Lipinski definition) is 2. The number of rotatable bonds is 2. The molecule has 16 heavy (non-hydrogen) atoms. The molecule has 0 atom stereocenters. The first-order valence-corrected chi connectivity index (χ1v) is 5.42. The van der Waals surface area contributed by atoms with Crippen molar-refractivity contribution in [2.45, 2.75) is 0 Å². The van der Waals surface area contributed by atoms with Crippen molar-refractivity contribution in [3.05, 3.63) is 23.9 Å². The first kappa shape index (κ1) is 10.9. The summed E-state index contributed by atoms with van der Waals surface area (Å²) in [5.41, 5.74) is 5.98. The lowest BCUT2D eigenvalue weighted by Gasteiger charge is -2.33. The number of likely N-dealkylation sites (N-methyl/N-ethyl adjacent to an activating group) is 1. The van der Waals surface area contributed by atoms with E-state index in [0.717, 1.165) is 32.0 Å². The fourth-order valence-corrected chi connectivity index (χ4v) is 1.78. The molecule has 1 aromatic heterocycles. The van der Waals surface area contributed by atoms with Gasteiger partial charge in [0.25, 0.3) is 0 Å². The van der Waals surface area contributed by atoms with Crippen LogP contribution in [0.25, 0.3) is 0 Å². The Morgan fingerprint density at radius 1 is 1.31 bits per heavy atom. The predicted molar refractivity (Wildman–Crippen MR) is 65.0 cm³/mol. The van der Waals surface area contributed by atoms with Crippen molar-refractivity contribution in [1.29, 1.82) is 5.41 Å². The van der Waals surface area contributed by atoms with E-state index in [4.69, 9.17) is 11.1 Å². The Balaban J connectivity index is 2.14. The molecule has 1 aliphatic rings. The second kappa shape index (κ2) is 4.49. The Labute approximate surface area is 95.4 Å². The zero-order valence-electron chi connectivity index (χ0n) is 9.48. The maximum Gasteiger partial charge on any atom is 0.141 e. The smallest absolute Gasteiger partial charge is 0.141 e. The summed E-state index contributed by atoms with van der Waals surface area (Å²) in [7, 11) is 2.12. The standard InChI is InChI=1S/C11H17N5/c1-15-5-7-16(8-6-15)10-4-2-3-9(14-10)11(12)13/h2-4H,5-8H2,1H3,(H3,12,13). The fraction of sp³-hybridized carbons (Fsp3) is 0.455. The Morgan fingerprint density at radius 3 is 2.62 bits per heavy atom. The lowest BCUT2D eigenvalue weighted by molar-refractivity contribution is 0.312. The van der Waals surface area contributed by atoms with Crippen molar-refractivity contribution >= 4 is 11.7 Å². The molecule has 1 aliphatic heterocycles. The van der Waals surface area contributed by atoms with Gasteiger partial charge in [-0.15, -0.1) is 0 Å². The van der Waals surface area contributed by atoms with Gasteiger partial charge >= 0.3 is 0 Å². The van der Waals surface area contributed by atoms with Gasteiger partial charge in [0, 0.05) is 26.2 Å². The zero-order chi connectivity index (χ0) is 11.5. The van der Waals surface area contributed by atoms with Crippen molar-refractivity contribution in [3.8, 4) is 0 Å². The normalized spacial score (nSPS) is 17.4. The van der Waals surface area contributed by atoms with Crippen LogP contribution in [-0.4, -0.2) is 48.9 Å². The van der Waals surface area contributed by atoms with Crippen molar-refractivity contribution in [3.63, 3.8) is 0 Å². The predicted octanol–water partition coefficient (Wildman–Crippen LogP) is 0.117. The molecule has 0 spiro atoms. The molecule has 2 rings (SSSR count). The maximum absolute atomic E-state index is 7.37. The summed E-state index contributed by atoms with van der Waals surface area (Å²) in [5, 5.41) is 7.37. The van der Waals surface area contributed by atoms with Gasteiger partial charge in [-0.1, -0.05) is 6.07 Å². The highest BCUT2D eigenvalue weighted by Gasteiger charge is 2.15. The molecule has 86 valence electrons. The third-order valence-electron chi connectivity index (χ3n) is 2.84. The van der Waals surface area contributed by atoms with Gasteiger partial charge in [-0.25, -0.2) is 4.98 Å². The van der Waals surface area contributed by atoms with Crippen molar-refractivity contribution in [2.24, 2.45) is 5.73 Å². The number of amidine groups is 1. The van der Waals surface area contributed by atoms with Crippen molar-refractivity contribution < 1.29 is 0 Å². The zero-order valence-corrected chi connectivity index (χ0v) is 9.48. The van der Waals surface area contributed by atoms with E-state index in [0.29, 0.717) is 5.69 Å². The van der Waals surface area contributed by atoms with E-state index in [1.807, 2.05) is 12.1 Å². The topological polar surface area (TPSA) is 69.2 Å². The third-order valence-corrected chi connectivity index (χ3v) is 2.84. The van der Waals surface area contributed by atoms with E-state index in [2.05, 4.69) is 21.8 Å². The van der Waals surface area contributed by atoms with Gasteiger partial charge in [0.15, 0.2) is 0 Å². The quantitative estimate of drug-likeness (QED) is 0.547. The van der Waals surface area contributed by atoms with Crippen LogP contribution in [0.3, 0.4) is 0 Å². The molecule has 1 aromatic rings. The van der Waals surface area contributed by atoms with Gasteiger partial charge in [-0.2, -0.15) is 0 Å². The molecule has 3 N–H and O–H groups in total. The molecule has 0 radical (unpaired) electrons. The van der Waals surface area contributed by atoms with Crippen LogP contribution in [0.15, 0.2) is 18.2 Å². The van der Waals surface area contributed by atoms with E-state index in [9.17, 15) is 0 Å². The molecule has 0 amide bonds. The van der Waals surface area contributed by atoms with Gasteiger partial charge in [0.1, 0.15) is 17.3 Å². The molecular weight excluding hydrogens is 202 g/mol. The lowest BCUT2D eigenvalue weighted by atomic mass is 10.3. The molecule has 5 heteroatoms. The summed E-state index contributed by atoms with van der Waals surface area (Å²) < 4.78 is 0. The Morgan fingerprint density at radius 2 is 2.00 bits per heavy atom. The molecule has 1 saturated heterocycles. The SMILES string of the molecule is CN1CCN(c2cccc(C(=N)N)n2)CC1. The lowest BCUT2D eigenvalue weighted by Crippen LogP contribution is -2.44. The highest BCUT2D eigenvalue weighted by atomic mass is 15.3. The minimum Gasteiger partial charge on any atom is -0.382 e. The third kappa shape index (κ3) is 2.30. The number of nitrogens with two attached hydrogens (primary N) is 1. The number of hydrogen-bond acceptors (Lipinski definition) is 4. The number of piperazine rings is 1. The largest absolute Gasteiger partial charge is 0.382 e. The van der Waals surface area contributed by atoms with Gasteiger partial charge in [-0.05, 0) is 19.2 Å². The molecule has 0 aliphatic carbocycles. The van der Waals surface area contributed by atoms with Gasteiger partial charge in [0.05, 0.1) is 0 Å². The van der Waals surface area contributed by atoms with Crippen LogP contribution in [0.4, 0.5) is 5.82 Å². The minimum atomic E-state index is 0.0241. The molecule has 0 aromatic carbocycles. The Kier molecular flexibility index (Phi) is 3.05. The van der Waals surface area contributed by atoms with Crippen molar-refractivity contribution in [1.82, 2.24) is 9.88 Å². The summed E-state index contributed by atoms with van der Waals surface area (Å²) >= 11 is 0. The van der Waals surface area contributed by atoms with Crippen LogP contribution in [-0.2, 0) is 0 Å². The number of anilines is 1. The van der Waals surface area contributed by atoms with Gasteiger partial charge < -0.3 is 15.5 Å². The van der Waals surface area contributed by atoms with Crippen molar-refractivity contribution in [2.75, 3.05) is 38.1 Å². The molecule has 0 saturated carbocycles. The van der Waals surface area contributed by atoms with Crippen LogP contribution in [0.5, 0.6) is 0 Å². The molecule has 0 unspecified atom stereocenters. The Hall–Kier alpha value is -1.62. The number of nitrogens with zero attached hydrogens (tertiary/aromatic N) is 3. The maximum atomic E-state index is 7.37. The van der Waals surface area contributed by atoms with Crippen LogP contribution in [0.2, 0.25) is 0 Å². The van der Waals surface area contributed by atoms with E-state index < -0.39 is 0 Å². The highest BCUT2D eigenvalue weighted by molar-refractivity contribution is 5.93. The summed E-state index contributed by atoms with van der Waals surface area (Å²) in [4.78, 5) is 8.90. The Bertz CT molecular complexity index is 382. The van der Waals surface area contributed by atoms with Crippen LogP contribution in [0, 0.1) is 5.41 Å². The molecule has 1 fully saturated rings. The fourth-order valence-electron chi connectivity index (χ4n) is 1.78. The monoisotopic (exact) mass is 219 g/mol. The molecular formula is C11H17N5. The summed E-state index contributed by atoms with van der Waals surface area (Å²) in [5.74, 6) is 0.941. The number of nitrogens with one attached hydrogen (secondary N) is 1. The minimum absolute atomic E-state index is 0.0241. The molecule has 5 nitrogen and oxygen atoms in total. The first-order valence-electron chi connectivity index (χ1n) is 5.42. The molecule has 2 heterocycles. The second-order valence-electron chi connectivity index (χ2n) is 4.09. The van der Waals surface area contributed by atoms with Crippen LogP contribution < -0.4 is 10.6 Å². The van der Waals surface area contributed by atoms with Gasteiger partial charge in [-0.3, -0.25) is 5.41 Å². The summed E-state index contributed by atoms with van der Waals surface area (Å²) in [6.07, 6.45) is 0. The van der Waals surface area contributed by atoms with Crippen LogP contribution >= 0.6 is 0 Å². The number of aromatic nitrogens is 1. The first-order chi connectivity index (χ1) is 7.66. The van der Waals surface area contributed by atoms with E-state index >= 15 is 0 Å². The van der Waals surface area contributed by atoms with E-state index in [1.165, 1.54) is 0 Å². The van der Waals surface area contributed by atoms with E-state index in [1.54, 1.807) is 6.07 Å². The number of pyridine rings is 1. The van der Waals surface area contributed by atoms with E-state index in [-0.39, 0.29) is 5.84 Å². The summed E-state index contributed by atoms with van der Waals surface area (Å²) in [6.45, 7) is 4.05. The summed E-state index contributed by atoms with van der Waals surface area (Å²) in [6, 6.07) is 5.64. The highest BCUT2D eigenvalue weighted by Crippen LogP contribution is 2.13.